The van der Waals surface area contributed by atoms with Crippen molar-refractivity contribution in [3.8, 4) is 22.5 Å². The fraction of sp³-hybridized carbons (Fsp3) is 0.0435. The lowest BCUT2D eigenvalue weighted by Crippen LogP contribution is -2.03. The highest BCUT2D eigenvalue weighted by Gasteiger charge is 2.16. The van der Waals surface area contributed by atoms with Gasteiger partial charge in [0.1, 0.15) is 10.8 Å². The lowest BCUT2D eigenvalue weighted by atomic mass is 10.0. The van der Waals surface area contributed by atoms with E-state index in [9.17, 15) is 4.79 Å². The summed E-state index contributed by atoms with van der Waals surface area (Å²) in [6.07, 6.45) is 1.59. The van der Waals surface area contributed by atoms with Gasteiger partial charge < -0.3 is 9.97 Å². The lowest BCUT2D eigenvalue weighted by Gasteiger charge is -2.11. The first-order chi connectivity index (χ1) is 14.5. The number of rotatable bonds is 2. The Balaban J connectivity index is 1.84. The van der Waals surface area contributed by atoms with Gasteiger partial charge >= 0.3 is 0 Å². The summed E-state index contributed by atoms with van der Waals surface area (Å²) in [4.78, 5) is 31.3. The van der Waals surface area contributed by atoms with Crippen LogP contribution in [0.3, 0.4) is 0 Å². The maximum absolute atomic E-state index is 12.4. The number of halogens is 1. The van der Waals surface area contributed by atoms with Crippen LogP contribution in [0.1, 0.15) is 5.69 Å². The van der Waals surface area contributed by atoms with Gasteiger partial charge in [-0.05, 0) is 48.2 Å². The molecule has 1 aromatic carbocycles. The standard InChI is InChI=1S/C23H14ClN5O/c1-12-7-14(9-21(24)27-12)16-11-17-20(30)5-6-26-23(17)29-22(16)19-8-13-3-4-15(25-2)10-18(13)28-19/h3-11,28H,1H3,(H,26,29,30). The fourth-order valence-corrected chi connectivity index (χ4v) is 3.87. The number of pyridine rings is 3. The van der Waals surface area contributed by atoms with Crippen LogP contribution in [-0.4, -0.2) is 19.9 Å². The van der Waals surface area contributed by atoms with Crippen LogP contribution in [0.25, 0.3) is 49.3 Å². The molecule has 0 aliphatic rings. The van der Waals surface area contributed by atoms with E-state index in [0.29, 0.717) is 27.6 Å². The molecule has 6 nitrogen and oxygen atoms in total. The minimum absolute atomic E-state index is 0.112. The van der Waals surface area contributed by atoms with E-state index in [0.717, 1.165) is 33.4 Å². The number of fused-ring (bicyclic) bond motifs is 2. The van der Waals surface area contributed by atoms with Crippen molar-refractivity contribution in [3.05, 3.63) is 87.2 Å². The summed E-state index contributed by atoms with van der Waals surface area (Å²) in [6.45, 7) is 9.10. The van der Waals surface area contributed by atoms with Gasteiger partial charge in [0.25, 0.3) is 0 Å². The van der Waals surface area contributed by atoms with E-state index in [1.165, 1.54) is 6.07 Å². The average Bonchev–Trinajstić information content (AvgIpc) is 3.15. The van der Waals surface area contributed by atoms with E-state index >= 15 is 0 Å². The number of aryl methyl sites for hydroxylation is 1. The Morgan fingerprint density at radius 1 is 1.07 bits per heavy atom. The molecule has 0 atom stereocenters. The second kappa shape index (κ2) is 6.83. The van der Waals surface area contributed by atoms with E-state index in [2.05, 4.69) is 19.8 Å². The number of hydrogen-bond donors (Lipinski definition) is 2. The number of hydrogen-bond acceptors (Lipinski definition) is 3. The summed E-state index contributed by atoms with van der Waals surface area (Å²) in [6, 6.07) is 14.5. The van der Waals surface area contributed by atoms with Crippen LogP contribution in [0, 0.1) is 13.5 Å². The highest BCUT2D eigenvalue weighted by molar-refractivity contribution is 6.29. The molecule has 4 aromatic heterocycles. The summed E-state index contributed by atoms with van der Waals surface area (Å²) >= 11 is 6.21. The summed E-state index contributed by atoms with van der Waals surface area (Å²) in [5, 5.41) is 1.83. The third kappa shape index (κ3) is 3.02. The molecule has 30 heavy (non-hydrogen) atoms. The van der Waals surface area contributed by atoms with Crippen molar-refractivity contribution in [1.29, 1.82) is 0 Å². The van der Waals surface area contributed by atoms with Crippen LogP contribution in [-0.2, 0) is 0 Å². The summed E-state index contributed by atoms with van der Waals surface area (Å²) < 4.78 is 0. The molecule has 0 radical (unpaired) electrons. The Morgan fingerprint density at radius 2 is 1.93 bits per heavy atom. The lowest BCUT2D eigenvalue weighted by molar-refractivity contribution is 1.20. The molecule has 0 aliphatic heterocycles. The molecule has 4 heterocycles. The summed E-state index contributed by atoms with van der Waals surface area (Å²) in [7, 11) is 0. The van der Waals surface area contributed by atoms with Crippen molar-refractivity contribution in [3.63, 3.8) is 0 Å². The topological polar surface area (TPSA) is 78.8 Å². The van der Waals surface area contributed by atoms with Crippen molar-refractivity contribution in [2.75, 3.05) is 0 Å². The van der Waals surface area contributed by atoms with Gasteiger partial charge in [0.05, 0.1) is 23.3 Å². The van der Waals surface area contributed by atoms with Crippen LogP contribution in [0.15, 0.2) is 59.5 Å². The van der Waals surface area contributed by atoms with Crippen LogP contribution >= 0.6 is 11.6 Å². The van der Waals surface area contributed by atoms with Gasteiger partial charge in [-0.2, -0.15) is 0 Å². The molecule has 0 bridgehead atoms. The van der Waals surface area contributed by atoms with Crippen LogP contribution in [0.2, 0.25) is 5.15 Å². The maximum atomic E-state index is 12.4. The van der Waals surface area contributed by atoms with Gasteiger partial charge in [0.15, 0.2) is 11.1 Å². The highest BCUT2D eigenvalue weighted by atomic mass is 35.5. The molecule has 5 rings (SSSR count). The van der Waals surface area contributed by atoms with Crippen molar-refractivity contribution in [2.45, 2.75) is 6.92 Å². The zero-order chi connectivity index (χ0) is 20.8. The molecular formula is C23H14ClN5O. The molecule has 0 unspecified atom stereocenters. The number of aromatic nitrogens is 4. The number of H-pyrrole nitrogens is 2. The van der Waals surface area contributed by atoms with Crippen molar-refractivity contribution in [1.82, 2.24) is 19.9 Å². The molecule has 0 saturated carbocycles. The molecule has 0 spiro atoms. The van der Waals surface area contributed by atoms with Gasteiger partial charge in [-0.1, -0.05) is 23.7 Å². The van der Waals surface area contributed by atoms with Gasteiger partial charge in [-0.25, -0.2) is 14.8 Å². The van der Waals surface area contributed by atoms with E-state index in [-0.39, 0.29) is 5.43 Å². The molecule has 7 heteroatoms. The minimum Gasteiger partial charge on any atom is -0.354 e. The number of nitrogens with one attached hydrogen (secondary N) is 2. The Morgan fingerprint density at radius 3 is 2.73 bits per heavy atom. The summed E-state index contributed by atoms with van der Waals surface area (Å²) in [5.41, 5.74) is 5.59. The minimum atomic E-state index is -0.112. The second-order valence-electron chi connectivity index (χ2n) is 7.01. The van der Waals surface area contributed by atoms with Gasteiger partial charge in [-0.15, -0.1) is 0 Å². The molecule has 2 N–H and O–H groups in total. The molecule has 0 fully saturated rings. The van der Waals surface area contributed by atoms with Gasteiger partial charge in [0.2, 0.25) is 0 Å². The SMILES string of the molecule is [C-]#[N+]c1ccc2cc(-c3nc4[nH]ccc(=O)c4cc3-c3cc(C)nc(Cl)c3)[nH]c2c1. The first-order valence-electron chi connectivity index (χ1n) is 9.19. The van der Waals surface area contributed by atoms with Crippen LogP contribution < -0.4 is 5.43 Å². The zero-order valence-corrected chi connectivity index (χ0v) is 16.6. The number of aromatic amines is 2. The Labute approximate surface area is 176 Å². The van der Waals surface area contributed by atoms with Gasteiger partial charge in [0, 0.05) is 29.0 Å². The smallest absolute Gasteiger partial charge is 0.191 e. The van der Waals surface area contributed by atoms with Crippen LogP contribution in [0.5, 0.6) is 0 Å². The number of benzene rings is 1. The third-order valence-corrected chi connectivity index (χ3v) is 5.16. The predicted octanol–water partition coefficient (Wildman–Crippen LogP) is 5.65. The Hall–Kier alpha value is -3.95. The largest absolute Gasteiger partial charge is 0.354 e. The predicted molar refractivity (Wildman–Crippen MR) is 119 cm³/mol. The van der Waals surface area contributed by atoms with Crippen molar-refractivity contribution in [2.24, 2.45) is 0 Å². The zero-order valence-electron chi connectivity index (χ0n) is 15.8. The Kier molecular flexibility index (Phi) is 4.12. The maximum Gasteiger partial charge on any atom is 0.191 e. The first-order valence-corrected chi connectivity index (χ1v) is 9.57. The molecule has 0 saturated heterocycles. The van der Waals surface area contributed by atoms with E-state index < -0.39 is 0 Å². The molecule has 0 amide bonds. The second-order valence-corrected chi connectivity index (χ2v) is 7.40. The molecular weight excluding hydrogens is 398 g/mol. The van der Waals surface area contributed by atoms with Crippen LogP contribution in [0.4, 0.5) is 5.69 Å². The van der Waals surface area contributed by atoms with Crippen molar-refractivity contribution >= 4 is 39.2 Å². The van der Waals surface area contributed by atoms with Crippen molar-refractivity contribution < 1.29 is 0 Å². The average molecular weight is 412 g/mol. The summed E-state index contributed by atoms with van der Waals surface area (Å²) in [5.74, 6) is 0. The normalized spacial score (nSPS) is 11.1. The van der Waals surface area contributed by atoms with E-state index in [4.69, 9.17) is 23.2 Å². The fourth-order valence-electron chi connectivity index (χ4n) is 3.62. The molecule has 5 aromatic rings. The monoisotopic (exact) mass is 411 g/mol. The third-order valence-electron chi connectivity index (χ3n) is 4.97. The van der Waals surface area contributed by atoms with Gasteiger partial charge in [-0.3, -0.25) is 4.79 Å². The Bertz CT molecular complexity index is 1540. The molecule has 144 valence electrons. The quantitative estimate of drug-likeness (QED) is 0.291. The van der Waals surface area contributed by atoms with E-state index in [1.807, 2.05) is 37.3 Å². The number of nitrogens with zero attached hydrogens (tertiary/aromatic N) is 3. The highest BCUT2D eigenvalue weighted by Crippen LogP contribution is 2.35. The first kappa shape index (κ1) is 18.1. The molecule has 0 aliphatic carbocycles. The van der Waals surface area contributed by atoms with E-state index in [1.54, 1.807) is 18.3 Å².